The molecule has 2 rings (SSSR count). The van der Waals surface area contributed by atoms with Crippen LogP contribution in [0.3, 0.4) is 0 Å². The van der Waals surface area contributed by atoms with Gasteiger partial charge in [-0.05, 0) is 26.3 Å². The van der Waals surface area contributed by atoms with Crippen LogP contribution in [0.4, 0.5) is 0 Å². The highest BCUT2D eigenvalue weighted by molar-refractivity contribution is 5.02. The molecular formula is C9H17NO2. The van der Waals surface area contributed by atoms with E-state index in [4.69, 9.17) is 4.74 Å². The van der Waals surface area contributed by atoms with E-state index in [2.05, 4.69) is 5.32 Å². The SMILES string of the molecule is CNC[C@H]1C[C@@H]2CC[C@@]1(CO)O2. The van der Waals surface area contributed by atoms with Gasteiger partial charge in [-0.1, -0.05) is 0 Å². The quantitative estimate of drug-likeness (QED) is 0.634. The number of aliphatic hydroxyl groups is 1. The summed E-state index contributed by atoms with van der Waals surface area (Å²) in [7, 11) is 1.96. The van der Waals surface area contributed by atoms with Gasteiger partial charge in [0.05, 0.1) is 18.3 Å². The molecule has 70 valence electrons. The zero-order valence-electron chi connectivity index (χ0n) is 7.55. The van der Waals surface area contributed by atoms with Crippen molar-refractivity contribution in [2.45, 2.75) is 31.0 Å². The molecule has 2 fully saturated rings. The lowest BCUT2D eigenvalue weighted by Crippen LogP contribution is -2.42. The molecule has 3 nitrogen and oxygen atoms in total. The van der Waals surface area contributed by atoms with Gasteiger partial charge in [0.1, 0.15) is 0 Å². The van der Waals surface area contributed by atoms with Crippen molar-refractivity contribution in [2.24, 2.45) is 5.92 Å². The molecule has 2 aliphatic heterocycles. The van der Waals surface area contributed by atoms with Crippen LogP contribution in [0.15, 0.2) is 0 Å². The molecule has 0 unspecified atom stereocenters. The highest BCUT2D eigenvalue weighted by atomic mass is 16.5. The number of hydrogen-bond acceptors (Lipinski definition) is 3. The summed E-state index contributed by atoms with van der Waals surface area (Å²) in [5, 5.41) is 12.4. The first-order valence-corrected chi connectivity index (χ1v) is 4.74. The third-order valence-electron chi connectivity index (χ3n) is 3.30. The number of aliphatic hydroxyl groups excluding tert-OH is 1. The molecule has 0 aromatic carbocycles. The Morgan fingerprint density at radius 1 is 1.67 bits per heavy atom. The van der Waals surface area contributed by atoms with Crippen molar-refractivity contribution in [1.29, 1.82) is 0 Å². The Morgan fingerprint density at radius 3 is 3.08 bits per heavy atom. The van der Waals surface area contributed by atoms with Gasteiger partial charge in [-0.25, -0.2) is 0 Å². The monoisotopic (exact) mass is 171 g/mol. The minimum absolute atomic E-state index is 0.187. The Labute approximate surface area is 73.1 Å². The highest BCUT2D eigenvalue weighted by Crippen LogP contribution is 2.47. The van der Waals surface area contributed by atoms with Crippen molar-refractivity contribution < 1.29 is 9.84 Å². The van der Waals surface area contributed by atoms with Crippen LogP contribution in [-0.2, 0) is 4.74 Å². The van der Waals surface area contributed by atoms with Crippen LogP contribution in [0, 0.1) is 5.92 Å². The van der Waals surface area contributed by atoms with Crippen molar-refractivity contribution in [1.82, 2.24) is 5.32 Å². The first-order chi connectivity index (χ1) is 5.80. The van der Waals surface area contributed by atoms with E-state index in [0.717, 1.165) is 25.8 Å². The van der Waals surface area contributed by atoms with E-state index in [1.807, 2.05) is 7.05 Å². The first kappa shape index (κ1) is 8.48. The Kier molecular flexibility index (Phi) is 2.10. The Bertz CT molecular complexity index is 174. The van der Waals surface area contributed by atoms with Gasteiger partial charge < -0.3 is 15.2 Å². The van der Waals surface area contributed by atoms with Crippen LogP contribution in [-0.4, -0.2) is 37.0 Å². The maximum atomic E-state index is 9.29. The van der Waals surface area contributed by atoms with Gasteiger partial charge in [0.15, 0.2) is 0 Å². The molecule has 0 aromatic heterocycles. The van der Waals surface area contributed by atoms with Crippen LogP contribution in [0.2, 0.25) is 0 Å². The summed E-state index contributed by atoms with van der Waals surface area (Å²) in [6, 6.07) is 0. The molecule has 0 saturated carbocycles. The molecule has 2 saturated heterocycles. The predicted molar refractivity (Wildman–Crippen MR) is 46.0 cm³/mol. The Morgan fingerprint density at radius 2 is 2.50 bits per heavy atom. The van der Waals surface area contributed by atoms with E-state index in [-0.39, 0.29) is 12.2 Å². The van der Waals surface area contributed by atoms with Crippen LogP contribution < -0.4 is 5.32 Å². The lowest BCUT2D eigenvalue weighted by Gasteiger charge is -2.30. The second kappa shape index (κ2) is 2.98. The fourth-order valence-electron chi connectivity index (χ4n) is 2.61. The molecule has 2 aliphatic rings. The van der Waals surface area contributed by atoms with Gasteiger partial charge >= 0.3 is 0 Å². The van der Waals surface area contributed by atoms with Crippen LogP contribution in [0.1, 0.15) is 19.3 Å². The number of rotatable bonds is 3. The largest absolute Gasteiger partial charge is 0.393 e. The molecule has 0 aromatic rings. The second-order valence-corrected chi connectivity index (χ2v) is 3.99. The van der Waals surface area contributed by atoms with Crippen molar-refractivity contribution in [3.63, 3.8) is 0 Å². The standard InChI is InChI=1S/C9H17NO2/c1-10-5-7-4-8-2-3-9(7,6-11)12-8/h7-8,10-11H,2-6H2,1H3/t7-,8+,9+/m1/s1. The molecule has 0 radical (unpaired) electrons. The molecule has 0 aliphatic carbocycles. The summed E-state index contributed by atoms with van der Waals surface area (Å²) in [6.07, 6.45) is 3.73. The molecule has 2 heterocycles. The van der Waals surface area contributed by atoms with E-state index in [1.54, 1.807) is 0 Å². The zero-order valence-corrected chi connectivity index (χ0v) is 7.55. The molecule has 0 amide bonds. The maximum absolute atomic E-state index is 9.29. The molecule has 2 N–H and O–H groups in total. The van der Waals surface area contributed by atoms with Crippen LogP contribution in [0.25, 0.3) is 0 Å². The van der Waals surface area contributed by atoms with Crippen molar-refractivity contribution in [2.75, 3.05) is 20.2 Å². The highest BCUT2D eigenvalue weighted by Gasteiger charge is 2.52. The summed E-state index contributed by atoms with van der Waals surface area (Å²) in [5.74, 6) is 0.520. The van der Waals surface area contributed by atoms with Gasteiger partial charge in [0, 0.05) is 12.5 Å². The number of fused-ring (bicyclic) bond motifs is 2. The summed E-state index contributed by atoms with van der Waals surface area (Å²) >= 11 is 0. The predicted octanol–water partition coefficient (Wildman–Crippen LogP) is 0.136. The summed E-state index contributed by atoms with van der Waals surface area (Å²) < 4.78 is 5.78. The van der Waals surface area contributed by atoms with E-state index in [0.29, 0.717) is 12.0 Å². The van der Waals surface area contributed by atoms with Gasteiger partial charge in [0.2, 0.25) is 0 Å². The Balaban J connectivity index is 2.06. The number of ether oxygens (including phenoxy) is 1. The molecule has 3 atom stereocenters. The van der Waals surface area contributed by atoms with E-state index in [1.165, 1.54) is 0 Å². The van der Waals surface area contributed by atoms with Crippen molar-refractivity contribution in [3.05, 3.63) is 0 Å². The number of hydrogen-bond donors (Lipinski definition) is 2. The third kappa shape index (κ3) is 1.08. The molecule has 0 spiro atoms. The minimum Gasteiger partial charge on any atom is -0.393 e. The van der Waals surface area contributed by atoms with Gasteiger partial charge in [0.25, 0.3) is 0 Å². The third-order valence-corrected chi connectivity index (χ3v) is 3.30. The lowest BCUT2D eigenvalue weighted by molar-refractivity contribution is -0.0482. The van der Waals surface area contributed by atoms with Gasteiger partial charge in [-0.3, -0.25) is 0 Å². The van der Waals surface area contributed by atoms with E-state index in [9.17, 15) is 5.11 Å². The summed E-state index contributed by atoms with van der Waals surface area (Å²) in [6.45, 7) is 1.16. The first-order valence-electron chi connectivity index (χ1n) is 4.74. The summed E-state index contributed by atoms with van der Waals surface area (Å²) in [5.41, 5.74) is -0.187. The molecular weight excluding hydrogens is 154 g/mol. The number of nitrogens with one attached hydrogen (secondary N) is 1. The van der Waals surface area contributed by atoms with Crippen molar-refractivity contribution >= 4 is 0 Å². The Hall–Kier alpha value is -0.120. The minimum atomic E-state index is -0.187. The van der Waals surface area contributed by atoms with E-state index >= 15 is 0 Å². The topological polar surface area (TPSA) is 41.5 Å². The second-order valence-electron chi connectivity index (χ2n) is 3.99. The van der Waals surface area contributed by atoms with Gasteiger partial charge in [-0.15, -0.1) is 0 Å². The normalized spacial score (nSPS) is 45.5. The summed E-state index contributed by atoms with van der Waals surface area (Å²) in [4.78, 5) is 0. The van der Waals surface area contributed by atoms with E-state index < -0.39 is 0 Å². The lowest BCUT2D eigenvalue weighted by atomic mass is 9.79. The van der Waals surface area contributed by atoms with Crippen molar-refractivity contribution in [3.8, 4) is 0 Å². The maximum Gasteiger partial charge on any atom is 0.0957 e. The van der Waals surface area contributed by atoms with Crippen LogP contribution in [0.5, 0.6) is 0 Å². The fraction of sp³-hybridized carbons (Fsp3) is 1.00. The average molecular weight is 171 g/mol. The smallest absolute Gasteiger partial charge is 0.0957 e. The molecule has 3 heteroatoms. The molecule has 2 bridgehead atoms. The molecule has 12 heavy (non-hydrogen) atoms. The van der Waals surface area contributed by atoms with Crippen LogP contribution >= 0.6 is 0 Å². The zero-order chi connectivity index (χ0) is 8.60. The average Bonchev–Trinajstić information content (AvgIpc) is 2.62. The van der Waals surface area contributed by atoms with Gasteiger partial charge in [-0.2, -0.15) is 0 Å². The fourth-order valence-corrected chi connectivity index (χ4v) is 2.61.